The first-order chi connectivity index (χ1) is 14.4. The average Bonchev–Trinajstić information content (AvgIpc) is 3.31. The summed E-state index contributed by atoms with van der Waals surface area (Å²) >= 11 is 7.14. The van der Waals surface area contributed by atoms with Gasteiger partial charge in [0.15, 0.2) is 16.6 Å². The number of likely N-dealkylation sites (N-methyl/N-ethyl adjacent to an activating group) is 1. The van der Waals surface area contributed by atoms with Crippen LogP contribution in [0.1, 0.15) is 31.2 Å². The number of benzene rings is 1. The zero-order valence-corrected chi connectivity index (χ0v) is 19.0. The van der Waals surface area contributed by atoms with Crippen LogP contribution in [0.4, 0.5) is 9.93 Å². The first-order valence-electron chi connectivity index (χ1n) is 10.1. The summed E-state index contributed by atoms with van der Waals surface area (Å²) in [4.78, 5) is 18.9. The van der Waals surface area contributed by atoms with Gasteiger partial charge in [0.05, 0.1) is 20.4 Å². The summed E-state index contributed by atoms with van der Waals surface area (Å²) in [7, 11) is 5.50. The zero-order chi connectivity index (χ0) is 21.3. The first-order valence-corrected chi connectivity index (χ1v) is 11.3. The second-order valence-electron chi connectivity index (χ2n) is 8.01. The first kappa shape index (κ1) is 21.2. The summed E-state index contributed by atoms with van der Waals surface area (Å²) < 4.78 is 11.5. The summed E-state index contributed by atoms with van der Waals surface area (Å²) in [6, 6.07) is 6.51. The second-order valence-corrected chi connectivity index (χ2v) is 9.67. The number of methoxy groups -OCH3 is 2. The average molecular weight is 451 g/mol. The molecule has 30 heavy (non-hydrogen) atoms. The van der Waals surface area contributed by atoms with Crippen LogP contribution in [-0.2, 0) is 5.41 Å². The molecule has 1 aliphatic carbocycles. The van der Waals surface area contributed by atoms with E-state index in [1.165, 1.54) is 23.1 Å². The molecule has 2 heterocycles. The number of rotatable bonds is 5. The zero-order valence-electron chi connectivity index (χ0n) is 17.4. The molecule has 7 nitrogen and oxygen atoms in total. The van der Waals surface area contributed by atoms with Crippen LogP contribution in [0.15, 0.2) is 24.4 Å². The van der Waals surface area contributed by atoms with Crippen molar-refractivity contribution in [2.24, 2.45) is 0 Å². The lowest BCUT2D eigenvalue weighted by Crippen LogP contribution is -2.52. The number of ether oxygens (including phenoxy) is 2. The van der Waals surface area contributed by atoms with E-state index in [1.54, 1.807) is 14.2 Å². The Labute approximate surface area is 185 Å². The van der Waals surface area contributed by atoms with Gasteiger partial charge in [0.2, 0.25) is 0 Å². The van der Waals surface area contributed by atoms with E-state index >= 15 is 0 Å². The van der Waals surface area contributed by atoms with Gasteiger partial charge in [0.25, 0.3) is 0 Å². The van der Waals surface area contributed by atoms with Crippen molar-refractivity contribution >= 4 is 34.1 Å². The predicted octanol–water partition coefficient (Wildman–Crippen LogP) is 4.13. The van der Waals surface area contributed by atoms with Crippen molar-refractivity contribution in [2.75, 3.05) is 33.1 Å². The number of thiazole rings is 1. The number of amides is 2. The maximum Gasteiger partial charge on any atom is 0.321 e. The van der Waals surface area contributed by atoms with Crippen LogP contribution in [0.25, 0.3) is 0 Å². The van der Waals surface area contributed by atoms with Gasteiger partial charge in [-0.2, -0.15) is 0 Å². The maximum atomic E-state index is 12.4. The molecule has 162 valence electrons. The summed E-state index contributed by atoms with van der Waals surface area (Å²) in [5, 5.41) is 6.41. The number of fused-ring (bicyclic) bond motifs is 1. The highest BCUT2D eigenvalue weighted by molar-refractivity contribution is 7.19. The van der Waals surface area contributed by atoms with Gasteiger partial charge in [-0.25, -0.2) is 9.78 Å². The van der Waals surface area contributed by atoms with Crippen molar-refractivity contribution in [3.63, 3.8) is 0 Å². The second kappa shape index (κ2) is 8.61. The number of anilines is 1. The summed E-state index contributed by atoms with van der Waals surface area (Å²) in [6.45, 7) is 1.04. The Kier molecular flexibility index (Phi) is 6.09. The molecular weight excluding hydrogens is 424 g/mol. The quantitative estimate of drug-likeness (QED) is 0.716. The highest BCUT2D eigenvalue weighted by atomic mass is 35.5. The molecule has 1 aromatic heterocycles. The van der Waals surface area contributed by atoms with E-state index in [9.17, 15) is 4.79 Å². The molecule has 1 saturated carbocycles. The molecule has 0 radical (unpaired) electrons. The molecule has 0 spiro atoms. The third kappa shape index (κ3) is 3.96. The van der Waals surface area contributed by atoms with Crippen molar-refractivity contribution in [3.8, 4) is 11.5 Å². The summed E-state index contributed by atoms with van der Waals surface area (Å²) in [5.41, 5.74) is 1.35. The monoisotopic (exact) mass is 450 g/mol. The van der Waals surface area contributed by atoms with Crippen LogP contribution in [0, 0.1) is 0 Å². The molecule has 1 aliphatic heterocycles. The molecular formula is C21H27ClN4O3S. The molecule has 2 aliphatic rings. The SMILES string of the molecule is COc1ccc([C@@]23CC[C@@H](NC(=O)Nc4ncc(Cl)s4)C[C@@H]2N(C)CC3)cc1OC. The molecule has 0 unspecified atom stereocenters. The van der Waals surface area contributed by atoms with Crippen LogP contribution in [0.5, 0.6) is 11.5 Å². The molecule has 2 N–H and O–H groups in total. The molecule has 1 aromatic carbocycles. The molecule has 0 bridgehead atoms. The van der Waals surface area contributed by atoms with Gasteiger partial charge in [-0.3, -0.25) is 5.32 Å². The fourth-order valence-corrected chi connectivity index (χ4v) is 5.83. The molecule has 2 fully saturated rings. The number of halogens is 1. The van der Waals surface area contributed by atoms with Crippen molar-refractivity contribution in [2.45, 2.75) is 43.2 Å². The number of carbonyl (C=O) groups excluding carboxylic acids is 1. The van der Waals surface area contributed by atoms with Crippen LogP contribution < -0.4 is 20.1 Å². The summed E-state index contributed by atoms with van der Waals surface area (Å²) in [5.74, 6) is 1.51. The Morgan fingerprint density at radius 1 is 1.30 bits per heavy atom. The van der Waals surface area contributed by atoms with E-state index in [0.717, 1.165) is 43.7 Å². The molecule has 2 aromatic rings. The summed E-state index contributed by atoms with van der Waals surface area (Å²) in [6.07, 6.45) is 5.46. The number of likely N-dealkylation sites (tertiary alicyclic amines) is 1. The number of nitrogens with one attached hydrogen (secondary N) is 2. The van der Waals surface area contributed by atoms with Crippen LogP contribution in [-0.4, -0.2) is 55.8 Å². The maximum absolute atomic E-state index is 12.4. The van der Waals surface area contributed by atoms with Crippen molar-refractivity contribution in [3.05, 3.63) is 34.3 Å². The minimum atomic E-state index is -0.231. The van der Waals surface area contributed by atoms with E-state index in [0.29, 0.717) is 15.5 Å². The lowest BCUT2D eigenvalue weighted by molar-refractivity contribution is 0.156. The van der Waals surface area contributed by atoms with Crippen molar-refractivity contribution < 1.29 is 14.3 Å². The van der Waals surface area contributed by atoms with Gasteiger partial charge in [0.1, 0.15) is 4.34 Å². The topological polar surface area (TPSA) is 75.7 Å². The number of urea groups is 1. The van der Waals surface area contributed by atoms with Crippen LogP contribution in [0.3, 0.4) is 0 Å². The van der Waals surface area contributed by atoms with E-state index in [4.69, 9.17) is 21.1 Å². The van der Waals surface area contributed by atoms with E-state index in [2.05, 4.69) is 39.7 Å². The lowest BCUT2D eigenvalue weighted by atomic mass is 9.65. The lowest BCUT2D eigenvalue weighted by Gasteiger charge is -2.45. The van der Waals surface area contributed by atoms with E-state index in [1.807, 2.05) is 6.07 Å². The molecule has 4 rings (SSSR count). The number of carbonyl (C=O) groups is 1. The third-order valence-corrected chi connectivity index (χ3v) is 7.55. The largest absolute Gasteiger partial charge is 0.493 e. The number of aromatic nitrogens is 1. The predicted molar refractivity (Wildman–Crippen MR) is 119 cm³/mol. The number of nitrogens with zero attached hydrogens (tertiary/aromatic N) is 2. The van der Waals surface area contributed by atoms with Crippen LogP contribution >= 0.6 is 22.9 Å². The molecule has 3 atom stereocenters. The normalized spacial score (nSPS) is 26.1. The van der Waals surface area contributed by atoms with Crippen LogP contribution in [0.2, 0.25) is 4.34 Å². The fraction of sp³-hybridized carbons (Fsp3) is 0.524. The van der Waals surface area contributed by atoms with Gasteiger partial charge in [0, 0.05) is 17.5 Å². The van der Waals surface area contributed by atoms with Gasteiger partial charge >= 0.3 is 6.03 Å². The number of hydrogen-bond acceptors (Lipinski definition) is 6. The van der Waals surface area contributed by atoms with Crippen molar-refractivity contribution in [1.82, 2.24) is 15.2 Å². The highest BCUT2D eigenvalue weighted by Gasteiger charge is 2.50. The van der Waals surface area contributed by atoms with Crippen molar-refractivity contribution in [1.29, 1.82) is 0 Å². The molecule has 1 saturated heterocycles. The smallest absolute Gasteiger partial charge is 0.321 e. The van der Waals surface area contributed by atoms with Gasteiger partial charge in [-0.15, -0.1) is 0 Å². The Bertz CT molecular complexity index is 923. The number of hydrogen-bond donors (Lipinski definition) is 2. The van der Waals surface area contributed by atoms with Gasteiger partial charge in [-0.05, 0) is 57.0 Å². The van der Waals surface area contributed by atoms with Gasteiger partial charge in [-0.1, -0.05) is 29.0 Å². The fourth-order valence-electron chi connectivity index (χ4n) is 5.03. The standard InChI is InChI=1S/C21H27ClN4O3S/c1-26-9-8-21(13-4-5-15(28-2)16(10-13)29-3)7-6-14(11-17(21)26)24-19(27)25-20-23-12-18(22)30-20/h4-5,10,12,14,17H,6-9,11H2,1-3H3,(H2,23,24,25,27)/t14-,17+,21+/m1/s1. The Hall–Kier alpha value is -2.03. The minimum absolute atomic E-state index is 0.0613. The Morgan fingerprint density at radius 3 is 2.80 bits per heavy atom. The Balaban J connectivity index is 1.49. The third-order valence-electron chi connectivity index (χ3n) is 6.52. The van der Waals surface area contributed by atoms with Gasteiger partial charge < -0.3 is 19.7 Å². The Morgan fingerprint density at radius 2 is 2.10 bits per heavy atom. The van der Waals surface area contributed by atoms with E-state index < -0.39 is 0 Å². The highest BCUT2D eigenvalue weighted by Crippen LogP contribution is 2.49. The molecule has 2 amide bonds. The molecule has 9 heteroatoms. The van der Waals surface area contributed by atoms with E-state index in [-0.39, 0.29) is 17.5 Å². The minimum Gasteiger partial charge on any atom is -0.493 e.